The van der Waals surface area contributed by atoms with Crippen LogP contribution in [0.4, 0.5) is 0 Å². The van der Waals surface area contributed by atoms with Crippen LogP contribution in [0, 0.1) is 10.5 Å². The first-order chi connectivity index (χ1) is 8.95. The average Bonchev–Trinajstić information content (AvgIpc) is 2.32. The van der Waals surface area contributed by atoms with Gasteiger partial charge < -0.3 is 10.4 Å². The van der Waals surface area contributed by atoms with E-state index in [9.17, 15) is 9.59 Å². The van der Waals surface area contributed by atoms with Gasteiger partial charge >= 0.3 is 5.97 Å². The average molecular weight is 375 g/mol. The SMILES string of the molecule is CCCC(CC(=O)O)NC(=O)c1cccc(C)c1I. The summed E-state index contributed by atoms with van der Waals surface area (Å²) in [6, 6.07) is 5.22. The summed E-state index contributed by atoms with van der Waals surface area (Å²) < 4.78 is 0.906. The van der Waals surface area contributed by atoms with Crippen molar-refractivity contribution in [1.29, 1.82) is 0 Å². The molecule has 0 bridgehead atoms. The molecule has 5 heteroatoms. The molecule has 0 saturated heterocycles. The maximum absolute atomic E-state index is 12.2. The van der Waals surface area contributed by atoms with Gasteiger partial charge in [0.2, 0.25) is 0 Å². The van der Waals surface area contributed by atoms with E-state index in [1.807, 2.05) is 26.0 Å². The Morgan fingerprint density at radius 3 is 2.68 bits per heavy atom. The number of carbonyl (C=O) groups is 2. The van der Waals surface area contributed by atoms with Crippen LogP contribution in [0.25, 0.3) is 0 Å². The molecule has 4 nitrogen and oxygen atoms in total. The molecule has 0 aliphatic carbocycles. The normalized spacial score (nSPS) is 11.9. The third-order valence-corrected chi connectivity index (χ3v) is 4.26. The Morgan fingerprint density at radius 2 is 2.11 bits per heavy atom. The highest BCUT2D eigenvalue weighted by atomic mass is 127. The number of amides is 1. The summed E-state index contributed by atoms with van der Waals surface area (Å²) in [6.07, 6.45) is 1.46. The molecule has 1 rings (SSSR count). The Bertz CT molecular complexity index is 474. The zero-order valence-electron chi connectivity index (χ0n) is 11.1. The van der Waals surface area contributed by atoms with Crippen LogP contribution in [-0.2, 0) is 4.79 Å². The van der Waals surface area contributed by atoms with Gasteiger partial charge in [-0.2, -0.15) is 0 Å². The van der Waals surface area contributed by atoms with E-state index in [1.54, 1.807) is 6.07 Å². The second kappa shape index (κ2) is 7.47. The van der Waals surface area contributed by atoms with Gasteiger partial charge in [-0.3, -0.25) is 9.59 Å². The van der Waals surface area contributed by atoms with Crippen molar-refractivity contribution in [2.45, 2.75) is 39.2 Å². The standard InChI is InChI=1S/C14H18INO3/c1-3-5-10(8-12(17)18)16-14(19)11-7-4-6-9(2)13(11)15/h4,6-7,10H,3,5,8H2,1-2H3,(H,16,19)(H,17,18). The number of halogens is 1. The zero-order chi connectivity index (χ0) is 14.4. The topological polar surface area (TPSA) is 66.4 Å². The van der Waals surface area contributed by atoms with Crippen molar-refractivity contribution in [2.75, 3.05) is 0 Å². The fourth-order valence-corrected chi connectivity index (χ4v) is 2.47. The minimum atomic E-state index is -0.891. The molecule has 0 saturated carbocycles. The van der Waals surface area contributed by atoms with Gasteiger partial charge in [0, 0.05) is 9.61 Å². The first-order valence-electron chi connectivity index (χ1n) is 6.23. The molecule has 1 aromatic rings. The minimum absolute atomic E-state index is 0.0397. The molecular formula is C14H18INO3. The highest BCUT2D eigenvalue weighted by molar-refractivity contribution is 14.1. The molecule has 1 atom stereocenters. The van der Waals surface area contributed by atoms with Crippen LogP contribution >= 0.6 is 22.6 Å². The Morgan fingerprint density at radius 1 is 1.42 bits per heavy atom. The van der Waals surface area contributed by atoms with Crippen molar-refractivity contribution in [3.05, 3.63) is 32.9 Å². The van der Waals surface area contributed by atoms with Gasteiger partial charge in [0.05, 0.1) is 12.0 Å². The number of carboxylic acids is 1. The molecule has 0 spiro atoms. The number of hydrogen-bond donors (Lipinski definition) is 2. The monoisotopic (exact) mass is 375 g/mol. The largest absolute Gasteiger partial charge is 0.481 e. The number of carbonyl (C=O) groups excluding carboxylic acids is 1. The molecule has 0 aromatic heterocycles. The second-order valence-electron chi connectivity index (χ2n) is 4.49. The van der Waals surface area contributed by atoms with Gasteiger partial charge in [-0.25, -0.2) is 0 Å². The maximum Gasteiger partial charge on any atom is 0.305 e. The Balaban J connectivity index is 2.81. The first-order valence-corrected chi connectivity index (χ1v) is 7.31. The van der Waals surface area contributed by atoms with Crippen LogP contribution in [-0.4, -0.2) is 23.0 Å². The summed E-state index contributed by atoms with van der Waals surface area (Å²) in [4.78, 5) is 22.9. The van der Waals surface area contributed by atoms with Crippen molar-refractivity contribution in [3.63, 3.8) is 0 Å². The number of carboxylic acid groups (broad SMARTS) is 1. The van der Waals surface area contributed by atoms with Crippen LogP contribution in [0.5, 0.6) is 0 Å². The Labute approximate surface area is 126 Å². The molecule has 2 N–H and O–H groups in total. The van der Waals surface area contributed by atoms with E-state index in [4.69, 9.17) is 5.11 Å². The number of benzene rings is 1. The first kappa shape index (κ1) is 15.9. The number of rotatable bonds is 6. The van der Waals surface area contributed by atoms with Crippen molar-refractivity contribution in [3.8, 4) is 0 Å². The number of aliphatic carboxylic acids is 1. The van der Waals surface area contributed by atoms with E-state index in [2.05, 4.69) is 27.9 Å². The van der Waals surface area contributed by atoms with Crippen molar-refractivity contribution in [2.24, 2.45) is 0 Å². The zero-order valence-corrected chi connectivity index (χ0v) is 13.2. The molecule has 0 radical (unpaired) electrons. The molecule has 104 valence electrons. The number of nitrogens with one attached hydrogen (secondary N) is 1. The second-order valence-corrected chi connectivity index (χ2v) is 5.57. The maximum atomic E-state index is 12.2. The lowest BCUT2D eigenvalue weighted by Gasteiger charge is -2.17. The molecule has 0 aliphatic heterocycles. The lowest BCUT2D eigenvalue weighted by molar-refractivity contribution is -0.137. The van der Waals surface area contributed by atoms with E-state index in [1.165, 1.54) is 0 Å². The highest BCUT2D eigenvalue weighted by Crippen LogP contribution is 2.17. The summed E-state index contributed by atoms with van der Waals surface area (Å²) >= 11 is 2.14. The van der Waals surface area contributed by atoms with Crippen LogP contribution in [0.2, 0.25) is 0 Å². The van der Waals surface area contributed by atoms with E-state index >= 15 is 0 Å². The summed E-state index contributed by atoms with van der Waals surface area (Å²) in [5.41, 5.74) is 1.64. The smallest absolute Gasteiger partial charge is 0.305 e. The van der Waals surface area contributed by atoms with Gasteiger partial charge in [-0.15, -0.1) is 0 Å². The molecule has 1 amide bonds. The van der Waals surface area contributed by atoms with Crippen LogP contribution in [0.1, 0.15) is 42.1 Å². The molecule has 19 heavy (non-hydrogen) atoms. The van der Waals surface area contributed by atoms with Crippen molar-refractivity contribution >= 4 is 34.5 Å². The predicted octanol–water partition coefficient (Wildman–Crippen LogP) is 2.97. The Hall–Kier alpha value is -1.11. The van der Waals surface area contributed by atoms with E-state index in [0.29, 0.717) is 12.0 Å². The van der Waals surface area contributed by atoms with Crippen molar-refractivity contribution < 1.29 is 14.7 Å². The third-order valence-electron chi connectivity index (χ3n) is 2.83. The predicted molar refractivity (Wildman–Crippen MR) is 82.3 cm³/mol. The molecular weight excluding hydrogens is 357 g/mol. The van der Waals surface area contributed by atoms with Gasteiger partial charge in [0.15, 0.2) is 0 Å². The molecule has 1 aromatic carbocycles. The van der Waals surface area contributed by atoms with Gasteiger partial charge in [0.25, 0.3) is 5.91 Å². The van der Waals surface area contributed by atoms with E-state index < -0.39 is 5.97 Å². The lowest BCUT2D eigenvalue weighted by Crippen LogP contribution is -2.36. The van der Waals surface area contributed by atoms with Crippen LogP contribution in [0.15, 0.2) is 18.2 Å². The van der Waals surface area contributed by atoms with Crippen LogP contribution in [0.3, 0.4) is 0 Å². The molecule has 0 aliphatic rings. The van der Waals surface area contributed by atoms with Crippen molar-refractivity contribution in [1.82, 2.24) is 5.32 Å². The van der Waals surface area contributed by atoms with Crippen LogP contribution < -0.4 is 5.32 Å². The van der Waals surface area contributed by atoms with Gasteiger partial charge in [-0.05, 0) is 47.6 Å². The summed E-state index contributed by atoms with van der Waals surface area (Å²) in [6.45, 7) is 3.91. The quantitative estimate of drug-likeness (QED) is 0.752. The minimum Gasteiger partial charge on any atom is -0.481 e. The van der Waals surface area contributed by atoms with Gasteiger partial charge in [0.1, 0.15) is 0 Å². The van der Waals surface area contributed by atoms with Gasteiger partial charge in [-0.1, -0.05) is 25.5 Å². The summed E-state index contributed by atoms with van der Waals surface area (Å²) in [5, 5.41) is 11.6. The van der Waals surface area contributed by atoms with E-state index in [0.717, 1.165) is 15.6 Å². The number of aryl methyl sites for hydroxylation is 1. The Kier molecular flexibility index (Phi) is 6.27. The summed E-state index contributed by atoms with van der Waals surface area (Å²) in [7, 11) is 0. The number of hydrogen-bond acceptors (Lipinski definition) is 2. The fourth-order valence-electron chi connectivity index (χ4n) is 1.87. The lowest BCUT2D eigenvalue weighted by atomic mass is 10.1. The molecule has 1 unspecified atom stereocenters. The highest BCUT2D eigenvalue weighted by Gasteiger charge is 2.18. The van der Waals surface area contributed by atoms with E-state index in [-0.39, 0.29) is 18.4 Å². The molecule has 0 fully saturated rings. The fraction of sp³-hybridized carbons (Fsp3) is 0.429. The molecule has 0 heterocycles. The summed E-state index contributed by atoms with van der Waals surface area (Å²) in [5.74, 6) is -1.09. The third kappa shape index (κ3) is 4.81.